The number of hydrogen-bond donors (Lipinski definition) is 0. The van der Waals surface area contributed by atoms with Gasteiger partial charge in [0.1, 0.15) is 6.29 Å². The molecular formula is C14H18O. The fourth-order valence-corrected chi connectivity index (χ4v) is 1.79. The van der Waals surface area contributed by atoms with Crippen molar-refractivity contribution in [1.29, 1.82) is 0 Å². The van der Waals surface area contributed by atoms with E-state index >= 15 is 0 Å². The molecule has 0 spiro atoms. The van der Waals surface area contributed by atoms with Crippen molar-refractivity contribution in [2.75, 3.05) is 0 Å². The number of hydrogen-bond acceptors (Lipinski definition) is 1. The zero-order chi connectivity index (χ0) is 11.3. The lowest BCUT2D eigenvalue weighted by Crippen LogP contribution is -2.20. The number of allylic oxidation sites excluding steroid dienone is 1. The van der Waals surface area contributed by atoms with E-state index in [2.05, 4.69) is 32.6 Å². The first-order valence-electron chi connectivity index (χ1n) is 5.24. The molecule has 0 fully saturated rings. The summed E-state index contributed by atoms with van der Waals surface area (Å²) in [4.78, 5) is 10.7. The van der Waals surface area contributed by atoms with E-state index in [1.807, 2.05) is 24.3 Å². The van der Waals surface area contributed by atoms with E-state index in [4.69, 9.17) is 0 Å². The molecule has 0 aromatic heterocycles. The van der Waals surface area contributed by atoms with E-state index in [0.29, 0.717) is 6.42 Å². The fraction of sp³-hybridized carbons (Fsp3) is 0.357. The molecule has 0 saturated carbocycles. The minimum atomic E-state index is -0.0533. The summed E-state index contributed by atoms with van der Waals surface area (Å²) in [6.45, 7) is 8.07. The molecular weight excluding hydrogens is 184 g/mol. The van der Waals surface area contributed by atoms with Gasteiger partial charge in [0.2, 0.25) is 0 Å². The second kappa shape index (κ2) is 4.92. The Labute approximate surface area is 91.8 Å². The number of rotatable bonds is 5. The Morgan fingerprint density at radius 1 is 1.33 bits per heavy atom. The predicted molar refractivity (Wildman–Crippen MR) is 63.8 cm³/mol. The van der Waals surface area contributed by atoms with Gasteiger partial charge in [-0.15, -0.1) is 6.58 Å². The van der Waals surface area contributed by atoms with E-state index in [9.17, 15) is 4.79 Å². The Morgan fingerprint density at radius 3 is 2.40 bits per heavy atom. The van der Waals surface area contributed by atoms with E-state index in [1.165, 1.54) is 5.56 Å². The molecule has 1 aromatic rings. The third-order valence-corrected chi connectivity index (χ3v) is 2.96. The van der Waals surface area contributed by atoms with Crippen molar-refractivity contribution >= 4 is 6.29 Å². The molecule has 0 aliphatic carbocycles. The van der Waals surface area contributed by atoms with Gasteiger partial charge >= 0.3 is 0 Å². The van der Waals surface area contributed by atoms with Gasteiger partial charge in [0.25, 0.3) is 0 Å². The van der Waals surface area contributed by atoms with Gasteiger partial charge in [-0.25, -0.2) is 0 Å². The normalized spacial score (nSPS) is 13.2. The fourth-order valence-electron chi connectivity index (χ4n) is 1.79. The van der Waals surface area contributed by atoms with Crippen molar-refractivity contribution in [3.63, 3.8) is 0 Å². The molecule has 1 atom stereocenters. The van der Waals surface area contributed by atoms with Gasteiger partial charge < -0.3 is 4.79 Å². The summed E-state index contributed by atoms with van der Waals surface area (Å²) in [5, 5.41) is 0. The molecule has 0 saturated heterocycles. The molecule has 1 aromatic carbocycles. The summed E-state index contributed by atoms with van der Waals surface area (Å²) in [6, 6.07) is 10.1. The van der Waals surface area contributed by atoms with Crippen LogP contribution >= 0.6 is 0 Å². The van der Waals surface area contributed by atoms with E-state index in [-0.39, 0.29) is 11.3 Å². The minimum absolute atomic E-state index is 0.0533. The van der Waals surface area contributed by atoms with Crippen LogP contribution in [0.3, 0.4) is 0 Å². The lowest BCUT2D eigenvalue weighted by atomic mass is 9.73. The first kappa shape index (κ1) is 11.7. The van der Waals surface area contributed by atoms with Gasteiger partial charge in [-0.1, -0.05) is 50.3 Å². The van der Waals surface area contributed by atoms with Crippen LogP contribution in [-0.4, -0.2) is 6.29 Å². The quantitative estimate of drug-likeness (QED) is 0.527. The van der Waals surface area contributed by atoms with Crippen molar-refractivity contribution in [2.45, 2.75) is 26.2 Å². The highest BCUT2D eigenvalue weighted by molar-refractivity contribution is 5.52. The van der Waals surface area contributed by atoms with Gasteiger partial charge in [-0.2, -0.15) is 0 Å². The van der Waals surface area contributed by atoms with Gasteiger partial charge in [0.05, 0.1) is 0 Å². The zero-order valence-electron chi connectivity index (χ0n) is 9.44. The van der Waals surface area contributed by atoms with E-state index in [1.54, 1.807) is 0 Å². The van der Waals surface area contributed by atoms with Crippen LogP contribution in [0.15, 0.2) is 43.0 Å². The lowest BCUT2D eigenvalue weighted by Gasteiger charge is -2.30. The van der Waals surface area contributed by atoms with Crippen molar-refractivity contribution in [2.24, 2.45) is 5.41 Å². The van der Waals surface area contributed by atoms with Gasteiger partial charge in [0.15, 0.2) is 0 Å². The summed E-state index contributed by atoms with van der Waals surface area (Å²) in [5.74, 6) is 0.216. The Balaban J connectivity index is 3.03. The Hall–Kier alpha value is -1.37. The third kappa shape index (κ3) is 2.79. The molecule has 15 heavy (non-hydrogen) atoms. The van der Waals surface area contributed by atoms with Crippen LogP contribution in [0.25, 0.3) is 0 Å². The minimum Gasteiger partial charge on any atom is -0.303 e. The number of aldehydes is 1. The van der Waals surface area contributed by atoms with Crippen LogP contribution in [0, 0.1) is 5.41 Å². The average Bonchev–Trinajstić information content (AvgIpc) is 2.27. The summed E-state index contributed by atoms with van der Waals surface area (Å²) in [5.41, 5.74) is 1.15. The third-order valence-electron chi connectivity index (χ3n) is 2.96. The van der Waals surface area contributed by atoms with Gasteiger partial charge in [-0.3, -0.25) is 0 Å². The summed E-state index contributed by atoms with van der Waals surface area (Å²) in [6.07, 6.45) is 3.46. The average molecular weight is 202 g/mol. The van der Waals surface area contributed by atoms with E-state index < -0.39 is 0 Å². The van der Waals surface area contributed by atoms with E-state index in [0.717, 1.165) is 6.29 Å². The summed E-state index contributed by atoms with van der Waals surface area (Å²) in [7, 11) is 0. The SMILES string of the molecule is C=CC(C)(C)C(CC=O)c1ccccc1. The monoisotopic (exact) mass is 202 g/mol. The van der Waals surface area contributed by atoms with Crippen molar-refractivity contribution in [3.8, 4) is 0 Å². The zero-order valence-corrected chi connectivity index (χ0v) is 9.44. The topological polar surface area (TPSA) is 17.1 Å². The smallest absolute Gasteiger partial charge is 0.120 e. The number of benzene rings is 1. The van der Waals surface area contributed by atoms with Crippen LogP contribution < -0.4 is 0 Å². The van der Waals surface area contributed by atoms with Crippen molar-refractivity contribution in [3.05, 3.63) is 48.6 Å². The largest absolute Gasteiger partial charge is 0.303 e. The van der Waals surface area contributed by atoms with Crippen molar-refractivity contribution < 1.29 is 4.79 Å². The summed E-state index contributed by atoms with van der Waals surface area (Å²) >= 11 is 0. The van der Waals surface area contributed by atoms with Crippen LogP contribution in [0.1, 0.15) is 31.7 Å². The summed E-state index contributed by atoms with van der Waals surface area (Å²) < 4.78 is 0. The maximum absolute atomic E-state index is 10.7. The molecule has 0 heterocycles. The highest BCUT2D eigenvalue weighted by Gasteiger charge is 2.27. The number of carbonyl (C=O) groups excluding carboxylic acids is 1. The maximum Gasteiger partial charge on any atom is 0.120 e. The van der Waals surface area contributed by atoms with Crippen LogP contribution in [0.2, 0.25) is 0 Å². The first-order valence-corrected chi connectivity index (χ1v) is 5.24. The molecule has 1 heteroatoms. The molecule has 0 bridgehead atoms. The molecule has 1 unspecified atom stereocenters. The maximum atomic E-state index is 10.7. The van der Waals surface area contributed by atoms with Gasteiger partial charge in [0, 0.05) is 6.42 Å². The lowest BCUT2D eigenvalue weighted by molar-refractivity contribution is -0.108. The number of carbonyl (C=O) groups is 1. The molecule has 0 aliphatic heterocycles. The highest BCUT2D eigenvalue weighted by Crippen LogP contribution is 2.38. The molecule has 0 aliphatic rings. The highest BCUT2D eigenvalue weighted by atomic mass is 16.1. The molecule has 0 N–H and O–H groups in total. The Bertz CT molecular complexity index is 324. The molecule has 1 rings (SSSR count). The Morgan fingerprint density at radius 2 is 1.93 bits per heavy atom. The second-order valence-electron chi connectivity index (χ2n) is 4.39. The molecule has 0 radical (unpaired) electrons. The first-order chi connectivity index (χ1) is 7.11. The Kier molecular flexibility index (Phi) is 3.84. The van der Waals surface area contributed by atoms with Crippen molar-refractivity contribution in [1.82, 2.24) is 0 Å². The molecule has 1 nitrogen and oxygen atoms in total. The van der Waals surface area contributed by atoms with Crippen LogP contribution in [0.4, 0.5) is 0 Å². The molecule has 80 valence electrons. The second-order valence-corrected chi connectivity index (χ2v) is 4.39. The predicted octanol–water partition coefficient (Wildman–Crippen LogP) is 3.57. The van der Waals surface area contributed by atoms with Crippen LogP contribution in [-0.2, 0) is 4.79 Å². The molecule has 0 amide bonds. The van der Waals surface area contributed by atoms with Crippen LogP contribution in [0.5, 0.6) is 0 Å². The standard InChI is InChI=1S/C14H18O/c1-4-14(2,3)13(10-11-15)12-8-6-5-7-9-12/h4-9,11,13H,1,10H2,2-3H3. The van der Waals surface area contributed by atoms with Gasteiger partial charge in [-0.05, 0) is 16.9 Å².